The van der Waals surface area contributed by atoms with Gasteiger partial charge in [-0.2, -0.15) is 14.6 Å². The standard InChI is InChI=1S/C18H15FN6O3/c1-9-12(16(19)25(3)23-9)8-20-22-17(26)11-7-13(14-5-4-6-27-14)21-18-15(11)10(2)24-28-18/h4-8H,1-3H3,(H,22,26)/b20-8-. The second-order valence-electron chi connectivity index (χ2n) is 6.09. The number of aryl methyl sites for hydroxylation is 3. The number of carbonyl (C=O) groups excluding carboxylic acids is 1. The normalized spacial score (nSPS) is 11.6. The largest absolute Gasteiger partial charge is 0.463 e. The maximum absolute atomic E-state index is 14.0. The average molecular weight is 382 g/mol. The van der Waals surface area contributed by atoms with Gasteiger partial charge in [-0.3, -0.25) is 4.79 Å². The van der Waals surface area contributed by atoms with Crippen LogP contribution < -0.4 is 5.43 Å². The molecule has 1 amide bonds. The van der Waals surface area contributed by atoms with Crippen LogP contribution >= 0.6 is 0 Å². The van der Waals surface area contributed by atoms with E-state index < -0.39 is 11.9 Å². The van der Waals surface area contributed by atoms with Gasteiger partial charge >= 0.3 is 0 Å². The number of hydrogen-bond acceptors (Lipinski definition) is 7. The zero-order valence-corrected chi connectivity index (χ0v) is 15.2. The lowest BCUT2D eigenvalue weighted by atomic mass is 10.1. The number of rotatable bonds is 4. The molecule has 142 valence electrons. The Bertz CT molecular complexity index is 1210. The highest BCUT2D eigenvalue weighted by Crippen LogP contribution is 2.27. The summed E-state index contributed by atoms with van der Waals surface area (Å²) in [5, 5.41) is 12.1. The van der Waals surface area contributed by atoms with Crippen LogP contribution in [-0.2, 0) is 7.05 Å². The van der Waals surface area contributed by atoms with Crippen molar-refractivity contribution in [2.24, 2.45) is 12.1 Å². The van der Waals surface area contributed by atoms with Gasteiger partial charge in [0.15, 0.2) is 5.76 Å². The number of amides is 1. The number of pyridine rings is 1. The third-order valence-corrected chi connectivity index (χ3v) is 4.19. The summed E-state index contributed by atoms with van der Waals surface area (Å²) < 4.78 is 25.6. The van der Waals surface area contributed by atoms with Gasteiger partial charge in [-0.05, 0) is 32.0 Å². The highest BCUT2D eigenvalue weighted by molar-refractivity contribution is 6.07. The van der Waals surface area contributed by atoms with Crippen LogP contribution in [-0.4, -0.2) is 32.0 Å². The molecule has 0 atom stereocenters. The summed E-state index contributed by atoms with van der Waals surface area (Å²) in [5.74, 6) is -0.594. The second kappa shape index (κ2) is 6.72. The fraction of sp³-hybridized carbons (Fsp3) is 0.167. The third-order valence-electron chi connectivity index (χ3n) is 4.19. The molecule has 0 fully saturated rings. The van der Waals surface area contributed by atoms with E-state index in [2.05, 4.69) is 25.8 Å². The molecule has 0 unspecified atom stereocenters. The lowest BCUT2D eigenvalue weighted by molar-refractivity contribution is 0.0956. The summed E-state index contributed by atoms with van der Waals surface area (Å²) in [5.41, 5.74) is 4.43. The number of nitrogens with zero attached hydrogens (tertiary/aromatic N) is 5. The number of halogens is 1. The molecule has 9 nitrogen and oxygen atoms in total. The predicted molar refractivity (Wildman–Crippen MR) is 97.2 cm³/mol. The van der Waals surface area contributed by atoms with Crippen molar-refractivity contribution in [3.8, 4) is 11.5 Å². The van der Waals surface area contributed by atoms with Gasteiger partial charge in [-0.1, -0.05) is 5.16 Å². The number of hydrazone groups is 1. The first kappa shape index (κ1) is 17.6. The third kappa shape index (κ3) is 2.94. The molecule has 4 aromatic rings. The Kier molecular flexibility index (Phi) is 4.22. The molecule has 4 heterocycles. The molecule has 4 aromatic heterocycles. The maximum atomic E-state index is 14.0. The first-order valence-electron chi connectivity index (χ1n) is 8.29. The molecule has 4 rings (SSSR count). The van der Waals surface area contributed by atoms with Crippen molar-refractivity contribution in [1.82, 2.24) is 25.3 Å². The van der Waals surface area contributed by atoms with Crippen LogP contribution in [0.2, 0.25) is 0 Å². The monoisotopic (exact) mass is 382 g/mol. The Morgan fingerprint density at radius 1 is 1.36 bits per heavy atom. The summed E-state index contributed by atoms with van der Waals surface area (Å²) in [4.78, 5) is 17.1. The van der Waals surface area contributed by atoms with E-state index in [9.17, 15) is 9.18 Å². The first-order valence-corrected chi connectivity index (χ1v) is 8.29. The molecule has 10 heteroatoms. The lowest BCUT2D eigenvalue weighted by Crippen LogP contribution is -2.18. The summed E-state index contributed by atoms with van der Waals surface area (Å²) in [6, 6.07) is 4.99. The van der Waals surface area contributed by atoms with Gasteiger partial charge in [0.2, 0.25) is 5.95 Å². The molecule has 0 aromatic carbocycles. The van der Waals surface area contributed by atoms with Crippen molar-refractivity contribution in [2.75, 3.05) is 0 Å². The molecule has 0 spiro atoms. The van der Waals surface area contributed by atoms with E-state index in [1.807, 2.05) is 0 Å². The summed E-state index contributed by atoms with van der Waals surface area (Å²) in [6.45, 7) is 3.35. The number of furan rings is 1. The Balaban J connectivity index is 1.68. The predicted octanol–water partition coefficient (Wildman–Crippen LogP) is 2.74. The van der Waals surface area contributed by atoms with E-state index in [1.54, 1.807) is 32.0 Å². The summed E-state index contributed by atoms with van der Waals surface area (Å²) in [7, 11) is 1.48. The molecule has 0 saturated carbocycles. The molecule has 0 aliphatic heterocycles. The molecule has 0 bridgehead atoms. The molecule has 0 aliphatic rings. The van der Waals surface area contributed by atoms with E-state index in [1.165, 1.54) is 19.5 Å². The van der Waals surface area contributed by atoms with E-state index in [0.717, 1.165) is 4.68 Å². The minimum absolute atomic E-state index is 0.195. The minimum Gasteiger partial charge on any atom is -0.463 e. The highest BCUT2D eigenvalue weighted by atomic mass is 19.1. The Hall–Kier alpha value is -3.82. The number of aromatic nitrogens is 4. The van der Waals surface area contributed by atoms with Crippen LogP contribution in [0.4, 0.5) is 4.39 Å². The minimum atomic E-state index is -0.545. The Morgan fingerprint density at radius 2 is 2.18 bits per heavy atom. The Labute approximate surface area is 157 Å². The van der Waals surface area contributed by atoms with Gasteiger partial charge in [0.25, 0.3) is 11.6 Å². The zero-order valence-electron chi connectivity index (χ0n) is 15.2. The molecule has 0 radical (unpaired) electrons. The number of carbonyl (C=O) groups is 1. The van der Waals surface area contributed by atoms with Gasteiger partial charge in [-0.25, -0.2) is 15.1 Å². The van der Waals surface area contributed by atoms with Gasteiger partial charge in [-0.15, -0.1) is 0 Å². The summed E-state index contributed by atoms with van der Waals surface area (Å²) in [6.07, 6.45) is 2.71. The second-order valence-corrected chi connectivity index (χ2v) is 6.09. The van der Waals surface area contributed by atoms with Crippen molar-refractivity contribution in [3.05, 3.63) is 52.9 Å². The number of nitrogens with one attached hydrogen (secondary N) is 1. The van der Waals surface area contributed by atoms with Gasteiger partial charge in [0.1, 0.15) is 5.69 Å². The topological polar surface area (TPSA) is 111 Å². The smallest absolute Gasteiger partial charge is 0.272 e. The molecular weight excluding hydrogens is 367 g/mol. The van der Waals surface area contributed by atoms with Crippen LogP contribution in [0.3, 0.4) is 0 Å². The van der Waals surface area contributed by atoms with E-state index >= 15 is 0 Å². The summed E-state index contributed by atoms with van der Waals surface area (Å²) >= 11 is 0. The molecule has 28 heavy (non-hydrogen) atoms. The lowest BCUT2D eigenvalue weighted by Gasteiger charge is -2.04. The van der Waals surface area contributed by atoms with Crippen LogP contribution in [0.25, 0.3) is 22.6 Å². The van der Waals surface area contributed by atoms with Gasteiger partial charge in [0.05, 0.1) is 40.4 Å². The fourth-order valence-electron chi connectivity index (χ4n) is 2.83. The SMILES string of the molecule is Cc1nn(C)c(F)c1/C=N\NC(=O)c1cc(-c2ccco2)nc2onc(C)c12. The number of fused-ring (bicyclic) bond motifs is 1. The van der Waals surface area contributed by atoms with Crippen molar-refractivity contribution < 1.29 is 18.1 Å². The van der Waals surface area contributed by atoms with Crippen LogP contribution in [0.5, 0.6) is 0 Å². The van der Waals surface area contributed by atoms with Crippen molar-refractivity contribution in [1.29, 1.82) is 0 Å². The Morgan fingerprint density at radius 3 is 2.86 bits per heavy atom. The first-order chi connectivity index (χ1) is 13.5. The quantitative estimate of drug-likeness (QED) is 0.429. The van der Waals surface area contributed by atoms with Crippen LogP contribution in [0.15, 0.2) is 38.5 Å². The average Bonchev–Trinajstić information content (AvgIpc) is 3.38. The molecule has 0 aliphatic carbocycles. The molecule has 0 saturated heterocycles. The van der Waals surface area contributed by atoms with Gasteiger partial charge < -0.3 is 8.94 Å². The van der Waals surface area contributed by atoms with Crippen molar-refractivity contribution >= 4 is 23.2 Å². The molecular formula is C18H15FN6O3. The highest BCUT2D eigenvalue weighted by Gasteiger charge is 2.20. The molecule has 1 N–H and O–H groups in total. The fourth-order valence-corrected chi connectivity index (χ4v) is 2.83. The number of hydrogen-bond donors (Lipinski definition) is 1. The van der Waals surface area contributed by atoms with Crippen molar-refractivity contribution in [3.63, 3.8) is 0 Å². The van der Waals surface area contributed by atoms with Gasteiger partial charge in [0, 0.05) is 7.05 Å². The van der Waals surface area contributed by atoms with E-state index in [-0.39, 0.29) is 16.8 Å². The van der Waals surface area contributed by atoms with Crippen molar-refractivity contribution in [2.45, 2.75) is 13.8 Å². The zero-order chi connectivity index (χ0) is 19.8. The van der Waals surface area contributed by atoms with Crippen LogP contribution in [0.1, 0.15) is 27.3 Å². The van der Waals surface area contributed by atoms with E-state index in [4.69, 9.17) is 8.94 Å². The van der Waals surface area contributed by atoms with Crippen LogP contribution in [0, 0.1) is 19.8 Å². The van der Waals surface area contributed by atoms with E-state index in [0.29, 0.717) is 28.2 Å². The maximum Gasteiger partial charge on any atom is 0.272 e.